The van der Waals surface area contributed by atoms with E-state index >= 15 is 0 Å². The molecular formula is C11H11BrN2OS. The quantitative estimate of drug-likeness (QED) is 0.919. The van der Waals surface area contributed by atoms with Crippen molar-refractivity contribution in [3.05, 3.63) is 22.7 Å². The molecule has 16 heavy (non-hydrogen) atoms. The molecule has 0 saturated heterocycles. The minimum absolute atomic E-state index is 0.00446. The van der Waals surface area contributed by atoms with Crippen LogP contribution in [0.1, 0.15) is 13.8 Å². The number of rotatable bonds is 2. The van der Waals surface area contributed by atoms with Crippen LogP contribution in [0.4, 0.5) is 5.13 Å². The van der Waals surface area contributed by atoms with Crippen molar-refractivity contribution < 1.29 is 4.79 Å². The summed E-state index contributed by atoms with van der Waals surface area (Å²) in [5.74, 6) is -0.0365. The summed E-state index contributed by atoms with van der Waals surface area (Å²) in [6, 6.07) is 5.89. The molecule has 0 saturated carbocycles. The maximum atomic E-state index is 11.5. The highest BCUT2D eigenvalue weighted by atomic mass is 79.9. The Bertz CT molecular complexity index is 536. The second-order valence-corrected chi connectivity index (χ2v) is 5.63. The number of halogens is 1. The van der Waals surface area contributed by atoms with Crippen LogP contribution >= 0.6 is 27.3 Å². The van der Waals surface area contributed by atoms with Crippen LogP contribution in [0, 0.1) is 5.92 Å². The Hall–Kier alpha value is -0.940. The third-order valence-electron chi connectivity index (χ3n) is 2.12. The van der Waals surface area contributed by atoms with E-state index in [9.17, 15) is 4.79 Å². The predicted octanol–water partition coefficient (Wildman–Crippen LogP) is 3.65. The number of nitrogens with one attached hydrogen (secondary N) is 1. The van der Waals surface area contributed by atoms with Gasteiger partial charge in [0, 0.05) is 10.4 Å². The average Bonchev–Trinajstić information content (AvgIpc) is 2.61. The SMILES string of the molecule is CC(C)C(=O)Nc1nc2c(Br)cccc2s1. The highest BCUT2D eigenvalue weighted by Crippen LogP contribution is 2.30. The van der Waals surface area contributed by atoms with E-state index in [-0.39, 0.29) is 11.8 Å². The number of carbonyl (C=O) groups is 1. The Morgan fingerprint density at radius 2 is 2.25 bits per heavy atom. The lowest BCUT2D eigenvalue weighted by molar-refractivity contribution is -0.118. The third kappa shape index (κ3) is 2.25. The number of fused-ring (bicyclic) bond motifs is 1. The summed E-state index contributed by atoms with van der Waals surface area (Å²) in [7, 11) is 0. The molecule has 1 N–H and O–H groups in total. The maximum absolute atomic E-state index is 11.5. The van der Waals surface area contributed by atoms with Gasteiger partial charge < -0.3 is 5.32 Å². The monoisotopic (exact) mass is 298 g/mol. The van der Waals surface area contributed by atoms with Crippen molar-refractivity contribution in [1.29, 1.82) is 0 Å². The van der Waals surface area contributed by atoms with Crippen molar-refractivity contribution in [2.45, 2.75) is 13.8 Å². The molecule has 0 radical (unpaired) electrons. The fourth-order valence-electron chi connectivity index (χ4n) is 1.22. The normalized spacial score (nSPS) is 11.0. The number of carbonyl (C=O) groups excluding carboxylic acids is 1. The van der Waals surface area contributed by atoms with Crippen LogP contribution in [0.25, 0.3) is 10.2 Å². The summed E-state index contributed by atoms with van der Waals surface area (Å²) in [5.41, 5.74) is 0.895. The Morgan fingerprint density at radius 1 is 1.50 bits per heavy atom. The maximum Gasteiger partial charge on any atom is 0.228 e. The van der Waals surface area contributed by atoms with E-state index in [1.807, 2.05) is 32.0 Å². The fourth-order valence-corrected chi connectivity index (χ4v) is 2.70. The zero-order valence-corrected chi connectivity index (χ0v) is 11.4. The van der Waals surface area contributed by atoms with Crippen LogP contribution in [-0.2, 0) is 4.79 Å². The number of hydrogen-bond donors (Lipinski definition) is 1. The summed E-state index contributed by atoms with van der Waals surface area (Å²) in [5, 5.41) is 3.46. The second-order valence-electron chi connectivity index (χ2n) is 3.75. The molecule has 0 atom stereocenters. The molecule has 0 aliphatic carbocycles. The van der Waals surface area contributed by atoms with Crippen molar-refractivity contribution in [2.24, 2.45) is 5.92 Å². The Balaban J connectivity index is 2.33. The van der Waals surface area contributed by atoms with Crippen molar-refractivity contribution >= 4 is 48.5 Å². The van der Waals surface area contributed by atoms with Gasteiger partial charge in [0.25, 0.3) is 0 Å². The number of hydrogen-bond acceptors (Lipinski definition) is 3. The van der Waals surface area contributed by atoms with E-state index in [1.54, 1.807) is 0 Å². The van der Waals surface area contributed by atoms with E-state index < -0.39 is 0 Å². The van der Waals surface area contributed by atoms with Gasteiger partial charge in [0.15, 0.2) is 5.13 Å². The van der Waals surface area contributed by atoms with Crippen molar-refractivity contribution in [3.8, 4) is 0 Å². The highest BCUT2D eigenvalue weighted by Gasteiger charge is 2.11. The molecule has 0 bridgehead atoms. The lowest BCUT2D eigenvalue weighted by atomic mass is 10.2. The largest absolute Gasteiger partial charge is 0.302 e. The first-order valence-electron chi connectivity index (χ1n) is 4.94. The van der Waals surface area contributed by atoms with Gasteiger partial charge in [-0.2, -0.15) is 0 Å². The van der Waals surface area contributed by atoms with Crippen LogP contribution in [-0.4, -0.2) is 10.9 Å². The standard InChI is InChI=1S/C11H11BrN2OS/c1-6(2)10(15)14-11-13-9-7(12)4-3-5-8(9)16-11/h3-6H,1-2H3,(H,13,14,15). The average molecular weight is 299 g/mol. The minimum Gasteiger partial charge on any atom is -0.302 e. The Labute approximate surface area is 106 Å². The number of anilines is 1. The van der Waals surface area contributed by atoms with Gasteiger partial charge in [0.2, 0.25) is 5.91 Å². The van der Waals surface area contributed by atoms with Crippen molar-refractivity contribution in [2.75, 3.05) is 5.32 Å². The van der Waals surface area contributed by atoms with Gasteiger partial charge in [-0.15, -0.1) is 0 Å². The van der Waals surface area contributed by atoms with Crippen LogP contribution in [0.5, 0.6) is 0 Å². The molecule has 0 unspecified atom stereocenters. The van der Waals surface area contributed by atoms with Crippen LogP contribution < -0.4 is 5.32 Å². The van der Waals surface area contributed by atoms with Gasteiger partial charge in [0.05, 0.1) is 10.2 Å². The minimum atomic E-state index is -0.0320. The van der Waals surface area contributed by atoms with Gasteiger partial charge in [-0.1, -0.05) is 31.3 Å². The van der Waals surface area contributed by atoms with Crippen LogP contribution in [0.2, 0.25) is 0 Å². The van der Waals surface area contributed by atoms with Gasteiger partial charge in [0.1, 0.15) is 0 Å². The number of thiazole rings is 1. The molecule has 1 amide bonds. The lowest BCUT2D eigenvalue weighted by Crippen LogP contribution is -2.17. The first-order chi connectivity index (χ1) is 7.58. The number of nitrogens with zero attached hydrogens (tertiary/aromatic N) is 1. The molecule has 1 aromatic heterocycles. The summed E-state index contributed by atoms with van der Waals surface area (Å²) >= 11 is 4.92. The molecule has 0 spiro atoms. The molecule has 5 heteroatoms. The number of para-hydroxylation sites is 1. The Kier molecular flexibility index (Phi) is 3.25. The van der Waals surface area contributed by atoms with Gasteiger partial charge in [-0.3, -0.25) is 4.79 Å². The first kappa shape index (κ1) is 11.5. The van der Waals surface area contributed by atoms with Crippen molar-refractivity contribution in [3.63, 3.8) is 0 Å². The molecule has 2 aromatic rings. The summed E-state index contributed by atoms with van der Waals surface area (Å²) in [6.45, 7) is 3.72. The summed E-state index contributed by atoms with van der Waals surface area (Å²) < 4.78 is 2.01. The number of aromatic nitrogens is 1. The van der Waals surface area contributed by atoms with Gasteiger partial charge in [-0.25, -0.2) is 4.98 Å². The molecule has 84 valence electrons. The van der Waals surface area contributed by atoms with E-state index in [4.69, 9.17) is 0 Å². The summed E-state index contributed by atoms with van der Waals surface area (Å²) in [6.07, 6.45) is 0. The fraction of sp³-hybridized carbons (Fsp3) is 0.273. The highest BCUT2D eigenvalue weighted by molar-refractivity contribution is 9.10. The van der Waals surface area contributed by atoms with Gasteiger partial charge >= 0.3 is 0 Å². The molecule has 0 fully saturated rings. The molecule has 1 aromatic carbocycles. The summed E-state index contributed by atoms with van der Waals surface area (Å²) in [4.78, 5) is 15.9. The topological polar surface area (TPSA) is 42.0 Å². The second kappa shape index (κ2) is 4.51. The predicted molar refractivity (Wildman–Crippen MR) is 70.8 cm³/mol. The smallest absolute Gasteiger partial charge is 0.228 e. The molecule has 2 rings (SSSR count). The van der Waals surface area contributed by atoms with Crippen LogP contribution in [0.15, 0.2) is 22.7 Å². The lowest BCUT2D eigenvalue weighted by Gasteiger charge is -2.02. The van der Waals surface area contributed by atoms with Crippen molar-refractivity contribution in [1.82, 2.24) is 4.98 Å². The van der Waals surface area contributed by atoms with E-state index in [0.29, 0.717) is 5.13 Å². The number of benzene rings is 1. The zero-order chi connectivity index (χ0) is 11.7. The van der Waals surface area contributed by atoms with Crippen LogP contribution in [0.3, 0.4) is 0 Å². The molecular weight excluding hydrogens is 288 g/mol. The number of amides is 1. The molecule has 1 heterocycles. The van der Waals surface area contributed by atoms with E-state index in [1.165, 1.54) is 11.3 Å². The van der Waals surface area contributed by atoms with Gasteiger partial charge in [-0.05, 0) is 28.1 Å². The third-order valence-corrected chi connectivity index (χ3v) is 3.70. The zero-order valence-electron chi connectivity index (χ0n) is 8.95. The molecule has 0 aliphatic heterocycles. The molecule has 3 nitrogen and oxygen atoms in total. The van der Waals surface area contributed by atoms with E-state index in [0.717, 1.165) is 14.7 Å². The first-order valence-corrected chi connectivity index (χ1v) is 6.55. The Morgan fingerprint density at radius 3 is 2.88 bits per heavy atom. The molecule has 0 aliphatic rings. The van der Waals surface area contributed by atoms with E-state index in [2.05, 4.69) is 26.2 Å².